The largest absolute Gasteiger partial charge is 0.305 e. The van der Waals surface area contributed by atoms with Crippen molar-refractivity contribution >= 4 is 27.7 Å². The van der Waals surface area contributed by atoms with Crippen LogP contribution in [0.1, 0.15) is 0 Å². The predicted octanol–water partition coefficient (Wildman–Crippen LogP) is 2.59. The molecule has 8 heteroatoms. The number of rotatable bonds is 3. The van der Waals surface area contributed by atoms with Crippen LogP contribution in [0, 0.1) is 5.82 Å². The fraction of sp³-hybridized carbons (Fsp3) is 0.200. The number of aromatic nitrogens is 2. The van der Waals surface area contributed by atoms with Gasteiger partial charge in [-0.15, -0.1) is 11.6 Å². The summed E-state index contributed by atoms with van der Waals surface area (Å²) in [5.41, 5.74) is 0.449. The zero-order valence-corrected chi connectivity index (χ0v) is 13.7. The van der Waals surface area contributed by atoms with E-state index in [2.05, 4.69) is 9.98 Å². The van der Waals surface area contributed by atoms with Gasteiger partial charge in [0, 0.05) is 36.6 Å². The highest BCUT2D eigenvalue weighted by Gasteiger charge is 2.49. The molecule has 1 aromatic carbocycles. The molecule has 0 fully saturated rings. The number of hydrogen-bond donors (Lipinski definition) is 0. The lowest BCUT2D eigenvalue weighted by molar-refractivity contribution is 0.514. The van der Waals surface area contributed by atoms with Gasteiger partial charge >= 0.3 is 0 Å². The molecule has 2 unspecified atom stereocenters. The second-order valence-electron chi connectivity index (χ2n) is 5.18. The lowest BCUT2D eigenvalue weighted by atomic mass is 10.1. The summed E-state index contributed by atoms with van der Waals surface area (Å²) in [7, 11) is -3.70. The molecule has 0 saturated heterocycles. The molecule has 5 nitrogen and oxygen atoms in total. The third kappa shape index (κ3) is 2.49. The van der Waals surface area contributed by atoms with Gasteiger partial charge in [-0.3, -0.25) is 4.99 Å². The lowest BCUT2D eigenvalue weighted by Crippen LogP contribution is -2.50. The quantitative estimate of drug-likeness (QED) is 0.797. The van der Waals surface area contributed by atoms with Crippen LogP contribution in [0.2, 0.25) is 0 Å². The van der Waals surface area contributed by atoms with E-state index < -0.39 is 25.9 Å². The summed E-state index contributed by atoms with van der Waals surface area (Å²) in [5, 5.41) is -0.878. The Bertz CT molecular complexity index is 907. The Labute approximate surface area is 138 Å². The van der Waals surface area contributed by atoms with Crippen molar-refractivity contribution in [2.24, 2.45) is 4.99 Å². The highest BCUT2D eigenvalue weighted by molar-refractivity contribution is 7.92. The number of imidazole rings is 1. The Morgan fingerprint density at radius 3 is 2.83 bits per heavy atom. The molecule has 2 aromatic rings. The van der Waals surface area contributed by atoms with Crippen LogP contribution in [0.25, 0.3) is 11.4 Å². The van der Waals surface area contributed by atoms with Crippen LogP contribution in [0.4, 0.5) is 4.39 Å². The molecule has 2 heterocycles. The van der Waals surface area contributed by atoms with Crippen molar-refractivity contribution in [1.29, 1.82) is 0 Å². The Morgan fingerprint density at radius 2 is 2.17 bits per heavy atom. The van der Waals surface area contributed by atoms with Crippen LogP contribution in [-0.2, 0) is 14.7 Å². The SMILES string of the molecule is CS(=O)(=O)C1(n2ccnc2-c2cccc(F)c2)C=NC=CC1Cl. The van der Waals surface area contributed by atoms with Crippen LogP contribution >= 0.6 is 11.6 Å². The first-order valence-electron chi connectivity index (χ1n) is 6.71. The van der Waals surface area contributed by atoms with E-state index in [1.54, 1.807) is 6.07 Å². The van der Waals surface area contributed by atoms with Gasteiger partial charge in [-0.1, -0.05) is 12.1 Å². The van der Waals surface area contributed by atoms with Crippen molar-refractivity contribution in [3.8, 4) is 11.4 Å². The van der Waals surface area contributed by atoms with E-state index in [4.69, 9.17) is 11.6 Å². The highest BCUT2D eigenvalue weighted by Crippen LogP contribution is 2.36. The second-order valence-corrected chi connectivity index (χ2v) is 7.85. The first-order valence-corrected chi connectivity index (χ1v) is 9.03. The summed E-state index contributed by atoms with van der Waals surface area (Å²) < 4.78 is 40.0. The summed E-state index contributed by atoms with van der Waals surface area (Å²) in [4.78, 5) is 6.52. The van der Waals surface area contributed by atoms with Crippen LogP contribution in [-0.4, -0.2) is 35.8 Å². The fourth-order valence-corrected chi connectivity index (χ4v) is 4.54. The molecular weight excluding hydrogens is 341 g/mol. The minimum atomic E-state index is -3.70. The van der Waals surface area contributed by atoms with Gasteiger partial charge < -0.3 is 4.57 Å². The van der Waals surface area contributed by atoms with Crippen LogP contribution in [0.5, 0.6) is 0 Å². The molecule has 0 aliphatic carbocycles. The van der Waals surface area contributed by atoms with Crippen LogP contribution < -0.4 is 0 Å². The number of hydrogen-bond acceptors (Lipinski definition) is 4. The average molecular weight is 354 g/mol. The lowest BCUT2D eigenvalue weighted by Gasteiger charge is -2.35. The van der Waals surface area contributed by atoms with E-state index in [9.17, 15) is 12.8 Å². The maximum atomic E-state index is 13.5. The molecule has 2 atom stereocenters. The molecule has 1 aliphatic rings. The maximum Gasteiger partial charge on any atom is 0.203 e. The number of allylic oxidation sites excluding steroid dienone is 1. The van der Waals surface area contributed by atoms with E-state index in [1.807, 2.05) is 0 Å². The van der Waals surface area contributed by atoms with Gasteiger partial charge in [-0.2, -0.15) is 0 Å². The third-order valence-electron chi connectivity index (χ3n) is 3.69. The van der Waals surface area contributed by atoms with Crippen LogP contribution in [0.15, 0.2) is 53.9 Å². The molecular formula is C15H13ClFN3O2S. The number of halogens is 2. The molecule has 23 heavy (non-hydrogen) atoms. The standard InChI is InChI=1S/C15H13ClFN3O2S/c1-23(21,22)15(10-18-6-5-13(15)16)20-8-7-19-14(20)11-3-2-4-12(17)9-11/h2-10,13H,1H3. The topological polar surface area (TPSA) is 64.3 Å². The van der Waals surface area contributed by atoms with Crippen molar-refractivity contribution < 1.29 is 12.8 Å². The Hall–Kier alpha value is -1.99. The zero-order valence-electron chi connectivity index (χ0n) is 12.1. The normalized spacial score (nSPS) is 24.0. The highest BCUT2D eigenvalue weighted by atomic mass is 35.5. The molecule has 0 N–H and O–H groups in total. The maximum absolute atomic E-state index is 13.5. The van der Waals surface area contributed by atoms with E-state index in [1.165, 1.54) is 53.7 Å². The number of sulfone groups is 1. The smallest absolute Gasteiger partial charge is 0.203 e. The van der Waals surface area contributed by atoms with Crippen molar-refractivity contribution in [2.45, 2.75) is 10.2 Å². The first kappa shape index (κ1) is 15.9. The fourth-order valence-electron chi connectivity index (χ4n) is 2.58. The van der Waals surface area contributed by atoms with Crippen molar-refractivity contribution in [2.75, 3.05) is 6.26 Å². The molecule has 0 amide bonds. The number of benzene rings is 1. The average Bonchev–Trinajstić information content (AvgIpc) is 2.96. The Morgan fingerprint density at radius 1 is 1.39 bits per heavy atom. The minimum absolute atomic E-state index is 0.294. The van der Waals surface area contributed by atoms with E-state index in [0.29, 0.717) is 11.4 Å². The van der Waals surface area contributed by atoms with E-state index >= 15 is 0 Å². The molecule has 3 rings (SSSR count). The minimum Gasteiger partial charge on any atom is -0.305 e. The van der Waals surface area contributed by atoms with Crippen molar-refractivity contribution in [3.05, 3.63) is 54.8 Å². The predicted molar refractivity (Wildman–Crippen MR) is 87.7 cm³/mol. The molecule has 1 aromatic heterocycles. The van der Waals surface area contributed by atoms with Gasteiger partial charge in [0.2, 0.25) is 4.87 Å². The van der Waals surface area contributed by atoms with Gasteiger partial charge in [-0.25, -0.2) is 17.8 Å². The molecule has 1 aliphatic heterocycles. The summed E-state index contributed by atoms with van der Waals surface area (Å²) >= 11 is 6.33. The van der Waals surface area contributed by atoms with Gasteiger partial charge in [0.05, 0.1) is 5.38 Å². The van der Waals surface area contributed by atoms with E-state index in [0.717, 1.165) is 6.26 Å². The molecule has 0 radical (unpaired) electrons. The molecule has 0 spiro atoms. The van der Waals surface area contributed by atoms with Gasteiger partial charge in [-0.05, 0) is 18.2 Å². The summed E-state index contributed by atoms with van der Waals surface area (Å²) in [5.74, 6) is -0.146. The number of aliphatic imine (C=N–C) groups is 1. The van der Waals surface area contributed by atoms with Gasteiger partial charge in [0.25, 0.3) is 0 Å². The van der Waals surface area contributed by atoms with Gasteiger partial charge in [0.1, 0.15) is 11.6 Å². The first-order chi connectivity index (χ1) is 10.9. The Balaban J connectivity index is 2.27. The third-order valence-corrected chi connectivity index (χ3v) is 6.04. The van der Waals surface area contributed by atoms with Gasteiger partial charge in [0.15, 0.2) is 9.84 Å². The van der Waals surface area contributed by atoms with Crippen LogP contribution in [0.3, 0.4) is 0 Å². The zero-order chi connectivity index (χ0) is 16.7. The molecule has 120 valence electrons. The molecule has 0 bridgehead atoms. The Kier molecular flexibility index (Phi) is 3.85. The number of nitrogens with zero attached hydrogens (tertiary/aromatic N) is 3. The summed E-state index contributed by atoms with van der Waals surface area (Å²) in [6, 6.07) is 5.77. The van der Waals surface area contributed by atoms with Crippen molar-refractivity contribution in [3.63, 3.8) is 0 Å². The summed E-state index contributed by atoms with van der Waals surface area (Å²) in [6.07, 6.45) is 8.26. The second kappa shape index (κ2) is 5.58. The summed E-state index contributed by atoms with van der Waals surface area (Å²) in [6.45, 7) is 0. The van der Waals surface area contributed by atoms with Crippen molar-refractivity contribution in [1.82, 2.24) is 9.55 Å². The monoisotopic (exact) mass is 353 g/mol. The number of alkyl halides is 1. The van der Waals surface area contributed by atoms with E-state index in [-0.39, 0.29) is 0 Å². The molecule has 0 saturated carbocycles.